The molecule has 0 unspecified atom stereocenters. The number of nitrogens with zero attached hydrogens (tertiary/aromatic N) is 1. The summed E-state index contributed by atoms with van der Waals surface area (Å²) >= 11 is 11.3. The van der Waals surface area contributed by atoms with Gasteiger partial charge in [-0.1, -0.05) is 35.0 Å². The lowest BCUT2D eigenvalue weighted by Gasteiger charge is -1.93. The minimum absolute atomic E-state index is 0.0358. The first-order chi connectivity index (χ1) is 7.11. The van der Waals surface area contributed by atoms with Gasteiger partial charge >= 0.3 is 5.97 Å². The molecular formula is C10H7Cl2NO2. The van der Waals surface area contributed by atoms with Crippen molar-refractivity contribution in [1.82, 2.24) is 4.98 Å². The fourth-order valence-electron chi connectivity index (χ4n) is 0.828. The molecule has 0 amide bonds. The Bertz CT molecular complexity index is 415. The van der Waals surface area contributed by atoms with Crippen molar-refractivity contribution < 1.29 is 9.53 Å². The molecule has 15 heavy (non-hydrogen) atoms. The maximum atomic E-state index is 10.7. The molecule has 0 aromatic carbocycles. The molecule has 78 valence electrons. The highest BCUT2D eigenvalue weighted by Crippen LogP contribution is 2.13. The van der Waals surface area contributed by atoms with Gasteiger partial charge in [-0.2, -0.15) is 0 Å². The maximum absolute atomic E-state index is 10.7. The van der Waals surface area contributed by atoms with Gasteiger partial charge in [0.2, 0.25) is 0 Å². The number of hydrogen-bond donors (Lipinski definition) is 0. The average molecular weight is 244 g/mol. The van der Waals surface area contributed by atoms with Gasteiger partial charge < -0.3 is 4.74 Å². The lowest BCUT2D eigenvalue weighted by atomic mass is 10.2. The van der Waals surface area contributed by atoms with Crippen molar-refractivity contribution in [2.75, 3.05) is 7.11 Å². The van der Waals surface area contributed by atoms with Gasteiger partial charge in [0.1, 0.15) is 16.7 Å². The van der Waals surface area contributed by atoms with E-state index in [9.17, 15) is 4.79 Å². The van der Waals surface area contributed by atoms with Crippen LogP contribution in [0.25, 0.3) is 0 Å². The van der Waals surface area contributed by atoms with E-state index in [2.05, 4.69) is 21.6 Å². The largest absolute Gasteiger partial charge is 0.468 e. The van der Waals surface area contributed by atoms with E-state index in [4.69, 9.17) is 23.2 Å². The van der Waals surface area contributed by atoms with Gasteiger partial charge in [-0.25, -0.2) is 4.98 Å². The number of methoxy groups -OCH3 is 1. The quantitative estimate of drug-likeness (QED) is 0.432. The molecule has 0 fully saturated rings. The van der Waals surface area contributed by atoms with Gasteiger partial charge in [0, 0.05) is 5.56 Å². The summed E-state index contributed by atoms with van der Waals surface area (Å²) in [6.45, 7) is 0. The second-order valence-electron chi connectivity index (χ2n) is 2.56. The lowest BCUT2D eigenvalue weighted by molar-refractivity contribution is -0.139. The van der Waals surface area contributed by atoms with Gasteiger partial charge in [-0.3, -0.25) is 4.79 Å². The number of hydrogen-bond acceptors (Lipinski definition) is 3. The number of pyridine rings is 1. The van der Waals surface area contributed by atoms with Gasteiger partial charge in [-0.05, 0) is 12.1 Å². The number of halogens is 2. The Morgan fingerprint density at radius 3 is 2.60 bits per heavy atom. The van der Waals surface area contributed by atoms with E-state index in [1.807, 2.05) is 0 Å². The number of esters is 1. The Hall–Kier alpha value is -1.24. The molecule has 0 aliphatic rings. The third kappa shape index (κ3) is 4.20. The van der Waals surface area contributed by atoms with E-state index >= 15 is 0 Å². The van der Waals surface area contributed by atoms with Gasteiger partial charge in [0.15, 0.2) is 0 Å². The number of carbonyl (C=O) groups excluding carboxylic acids is 1. The first-order valence-electron chi connectivity index (χ1n) is 4.00. The maximum Gasteiger partial charge on any atom is 0.317 e. The summed E-state index contributed by atoms with van der Waals surface area (Å²) < 4.78 is 4.43. The van der Waals surface area contributed by atoms with Crippen LogP contribution in [0.4, 0.5) is 0 Å². The van der Waals surface area contributed by atoms with Crippen LogP contribution in [0.5, 0.6) is 0 Å². The summed E-state index contributed by atoms with van der Waals surface area (Å²) in [4.78, 5) is 14.5. The van der Waals surface area contributed by atoms with Crippen LogP contribution in [0.3, 0.4) is 0 Å². The second-order valence-corrected chi connectivity index (χ2v) is 3.33. The van der Waals surface area contributed by atoms with Gasteiger partial charge in [0.05, 0.1) is 7.11 Å². The van der Waals surface area contributed by atoms with E-state index in [1.165, 1.54) is 7.11 Å². The van der Waals surface area contributed by atoms with Crippen LogP contribution in [0.1, 0.15) is 12.0 Å². The Balaban J connectivity index is 2.75. The Morgan fingerprint density at radius 1 is 1.47 bits per heavy atom. The summed E-state index contributed by atoms with van der Waals surface area (Å²) in [5.41, 5.74) is 0.615. The highest BCUT2D eigenvalue weighted by molar-refractivity contribution is 6.32. The number of ether oxygens (including phenoxy) is 1. The molecule has 0 aliphatic carbocycles. The van der Waals surface area contributed by atoms with Crippen LogP contribution in [0.15, 0.2) is 12.1 Å². The van der Waals surface area contributed by atoms with Crippen molar-refractivity contribution in [3.8, 4) is 11.8 Å². The number of rotatable bonds is 1. The molecule has 1 heterocycles. The molecule has 0 aliphatic heterocycles. The summed E-state index contributed by atoms with van der Waals surface area (Å²) in [6.07, 6.45) is 0.0358. The fraction of sp³-hybridized carbons (Fsp3) is 0.200. The topological polar surface area (TPSA) is 39.2 Å². The van der Waals surface area contributed by atoms with Crippen LogP contribution in [-0.4, -0.2) is 18.1 Å². The van der Waals surface area contributed by atoms with E-state index < -0.39 is 0 Å². The van der Waals surface area contributed by atoms with Crippen LogP contribution in [0.2, 0.25) is 10.3 Å². The molecule has 0 atom stereocenters. The molecule has 0 radical (unpaired) electrons. The highest BCUT2D eigenvalue weighted by atomic mass is 35.5. The van der Waals surface area contributed by atoms with E-state index in [0.29, 0.717) is 5.56 Å². The highest BCUT2D eigenvalue weighted by Gasteiger charge is 1.97. The van der Waals surface area contributed by atoms with E-state index in [1.54, 1.807) is 12.1 Å². The van der Waals surface area contributed by atoms with Crippen LogP contribution < -0.4 is 0 Å². The Labute approximate surface area is 97.4 Å². The average Bonchev–Trinajstić information content (AvgIpc) is 2.16. The predicted octanol–water partition coefficient (Wildman–Crippen LogP) is 2.30. The SMILES string of the molecule is COC(=O)CC#Cc1cc(Cl)nc(Cl)c1. The van der Waals surface area contributed by atoms with Gasteiger partial charge in [-0.15, -0.1) is 0 Å². The molecule has 0 spiro atoms. The van der Waals surface area contributed by atoms with E-state index in [-0.39, 0.29) is 22.7 Å². The molecule has 0 saturated heterocycles. The van der Waals surface area contributed by atoms with Crippen molar-refractivity contribution in [3.05, 3.63) is 28.0 Å². The minimum atomic E-state index is -0.381. The van der Waals surface area contributed by atoms with Crippen molar-refractivity contribution in [1.29, 1.82) is 0 Å². The first-order valence-corrected chi connectivity index (χ1v) is 4.76. The first kappa shape index (κ1) is 11.8. The van der Waals surface area contributed by atoms with E-state index in [0.717, 1.165) is 0 Å². The summed E-state index contributed by atoms with van der Waals surface area (Å²) in [7, 11) is 1.31. The summed E-state index contributed by atoms with van der Waals surface area (Å²) in [5.74, 6) is 4.99. The molecule has 1 aromatic heterocycles. The second kappa shape index (κ2) is 5.59. The molecule has 5 heteroatoms. The third-order valence-electron chi connectivity index (χ3n) is 1.46. The molecule has 1 rings (SSSR count). The van der Waals surface area contributed by atoms with Crippen molar-refractivity contribution in [3.63, 3.8) is 0 Å². The Morgan fingerprint density at radius 2 is 2.07 bits per heavy atom. The molecule has 0 bridgehead atoms. The summed E-state index contributed by atoms with van der Waals surface area (Å²) in [5, 5.41) is 0.537. The number of carbonyl (C=O) groups is 1. The minimum Gasteiger partial charge on any atom is -0.468 e. The summed E-state index contributed by atoms with van der Waals surface area (Å²) in [6, 6.07) is 3.13. The van der Waals surface area contributed by atoms with Crippen molar-refractivity contribution in [2.45, 2.75) is 6.42 Å². The third-order valence-corrected chi connectivity index (χ3v) is 1.84. The van der Waals surface area contributed by atoms with Crippen molar-refractivity contribution in [2.24, 2.45) is 0 Å². The zero-order valence-corrected chi connectivity index (χ0v) is 9.39. The molecule has 0 saturated carbocycles. The smallest absolute Gasteiger partial charge is 0.317 e. The van der Waals surface area contributed by atoms with Crippen LogP contribution in [-0.2, 0) is 9.53 Å². The fourth-order valence-corrected chi connectivity index (χ4v) is 1.29. The van der Waals surface area contributed by atoms with Crippen LogP contribution in [0, 0.1) is 11.8 Å². The normalized spacial score (nSPS) is 9.00. The lowest BCUT2D eigenvalue weighted by Crippen LogP contribution is -1.97. The van der Waals surface area contributed by atoms with Crippen LogP contribution >= 0.6 is 23.2 Å². The monoisotopic (exact) mass is 243 g/mol. The van der Waals surface area contributed by atoms with Gasteiger partial charge in [0.25, 0.3) is 0 Å². The predicted molar refractivity (Wildman–Crippen MR) is 57.8 cm³/mol. The zero-order valence-electron chi connectivity index (χ0n) is 7.88. The number of aromatic nitrogens is 1. The standard InChI is InChI=1S/C10H7Cl2NO2/c1-15-10(14)4-2-3-7-5-8(11)13-9(12)6-7/h5-6H,4H2,1H3. The molecule has 0 N–H and O–H groups in total. The molecule has 1 aromatic rings. The Kier molecular flexibility index (Phi) is 4.41. The van der Waals surface area contributed by atoms with Crippen molar-refractivity contribution >= 4 is 29.2 Å². The zero-order chi connectivity index (χ0) is 11.3. The molecule has 3 nitrogen and oxygen atoms in total. The molecular weight excluding hydrogens is 237 g/mol.